The second kappa shape index (κ2) is 6.97. The number of hydrogen-bond acceptors (Lipinski definition) is 2. The summed E-state index contributed by atoms with van der Waals surface area (Å²) < 4.78 is 5.86. The van der Waals surface area contributed by atoms with Gasteiger partial charge in [0.05, 0.1) is 6.10 Å². The van der Waals surface area contributed by atoms with Crippen molar-refractivity contribution in [3.8, 4) is 0 Å². The molecule has 3 heteroatoms. The standard InChI is InChI=1S/C13H24BrNO/c14-10-12-6-2-1-4-8-15(12)11-13-7-3-5-9-16-13/h12-13H,1-11H2. The summed E-state index contributed by atoms with van der Waals surface area (Å²) in [6.45, 7) is 3.42. The van der Waals surface area contributed by atoms with E-state index >= 15 is 0 Å². The lowest BCUT2D eigenvalue weighted by Gasteiger charge is -2.33. The molecule has 2 aliphatic rings. The van der Waals surface area contributed by atoms with Crippen LogP contribution in [0, 0.1) is 0 Å². The summed E-state index contributed by atoms with van der Waals surface area (Å²) >= 11 is 3.67. The van der Waals surface area contributed by atoms with Crippen LogP contribution in [0.1, 0.15) is 44.9 Å². The largest absolute Gasteiger partial charge is 0.377 e. The van der Waals surface area contributed by atoms with Crippen LogP contribution >= 0.6 is 15.9 Å². The summed E-state index contributed by atoms with van der Waals surface area (Å²) in [5, 5.41) is 1.12. The van der Waals surface area contributed by atoms with Crippen molar-refractivity contribution in [3.05, 3.63) is 0 Å². The van der Waals surface area contributed by atoms with Crippen molar-refractivity contribution in [2.75, 3.05) is 25.0 Å². The number of rotatable bonds is 3. The second-order valence-corrected chi connectivity index (χ2v) is 5.79. The Morgan fingerprint density at radius 1 is 1.06 bits per heavy atom. The van der Waals surface area contributed by atoms with Gasteiger partial charge in [0.1, 0.15) is 0 Å². The molecular weight excluding hydrogens is 266 g/mol. The first-order valence-electron chi connectivity index (χ1n) is 6.82. The summed E-state index contributed by atoms with van der Waals surface area (Å²) in [6.07, 6.45) is 9.94. The van der Waals surface area contributed by atoms with Gasteiger partial charge in [-0.3, -0.25) is 4.90 Å². The van der Waals surface area contributed by atoms with Crippen LogP contribution in [0.2, 0.25) is 0 Å². The predicted molar refractivity (Wildman–Crippen MR) is 71.2 cm³/mol. The van der Waals surface area contributed by atoms with Gasteiger partial charge >= 0.3 is 0 Å². The first-order valence-corrected chi connectivity index (χ1v) is 7.94. The molecule has 0 aliphatic carbocycles. The molecule has 0 saturated carbocycles. The van der Waals surface area contributed by atoms with Crippen molar-refractivity contribution < 1.29 is 4.74 Å². The van der Waals surface area contributed by atoms with Crippen LogP contribution in [0.3, 0.4) is 0 Å². The lowest BCUT2D eigenvalue weighted by atomic mass is 10.1. The highest BCUT2D eigenvalue weighted by Crippen LogP contribution is 2.21. The maximum Gasteiger partial charge on any atom is 0.0702 e. The molecule has 0 aromatic rings. The summed E-state index contributed by atoms with van der Waals surface area (Å²) in [5.74, 6) is 0. The molecular formula is C13H24BrNO. The third-order valence-electron chi connectivity index (χ3n) is 3.89. The van der Waals surface area contributed by atoms with Crippen LogP contribution in [0.4, 0.5) is 0 Å². The van der Waals surface area contributed by atoms with Gasteiger partial charge in [-0.05, 0) is 38.6 Å². The Balaban J connectivity index is 1.83. The van der Waals surface area contributed by atoms with Gasteiger partial charge in [-0.2, -0.15) is 0 Å². The molecule has 94 valence electrons. The SMILES string of the molecule is BrCC1CCCCCN1CC1CCCCO1. The molecule has 2 fully saturated rings. The van der Waals surface area contributed by atoms with Gasteiger partial charge in [0.15, 0.2) is 0 Å². The number of alkyl halides is 1. The number of halogens is 1. The molecule has 0 radical (unpaired) electrons. The minimum atomic E-state index is 0.508. The minimum absolute atomic E-state index is 0.508. The highest BCUT2D eigenvalue weighted by atomic mass is 79.9. The van der Waals surface area contributed by atoms with Gasteiger partial charge in [0.2, 0.25) is 0 Å². The van der Waals surface area contributed by atoms with E-state index in [1.165, 1.54) is 51.5 Å². The molecule has 0 aromatic heterocycles. The maximum absolute atomic E-state index is 5.86. The molecule has 0 spiro atoms. The number of nitrogens with zero attached hydrogens (tertiary/aromatic N) is 1. The minimum Gasteiger partial charge on any atom is -0.377 e. The van der Waals surface area contributed by atoms with Crippen molar-refractivity contribution in [3.63, 3.8) is 0 Å². The molecule has 0 amide bonds. The highest BCUT2D eigenvalue weighted by molar-refractivity contribution is 9.09. The van der Waals surface area contributed by atoms with Crippen LogP contribution in [0.15, 0.2) is 0 Å². The quantitative estimate of drug-likeness (QED) is 0.740. The summed E-state index contributed by atoms with van der Waals surface area (Å²) in [6, 6.07) is 0.744. The zero-order valence-corrected chi connectivity index (χ0v) is 11.8. The summed E-state index contributed by atoms with van der Waals surface area (Å²) in [5.41, 5.74) is 0. The topological polar surface area (TPSA) is 12.5 Å². The Labute approximate surface area is 108 Å². The second-order valence-electron chi connectivity index (χ2n) is 5.14. The average Bonchev–Trinajstić information content (AvgIpc) is 2.55. The van der Waals surface area contributed by atoms with E-state index in [0.717, 1.165) is 24.5 Å². The zero-order chi connectivity index (χ0) is 11.2. The molecule has 2 unspecified atom stereocenters. The monoisotopic (exact) mass is 289 g/mol. The van der Waals surface area contributed by atoms with Crippen LogP contribution in [-0.4, -0.2) is 42.1 Å². The van der Waals surface area contributed by atoms with Gasteiger partial charge in [-0.25, -0.2) is 0 Å². The fourth-order valence-corrected chi connectivity index (χ4v) is 3.60. The van der Waals surface area contributed by atoms with E-state index in [1.54, 1.807) is 0 Å². The van der Waals surface area contributed by atoms with Crippen LogP contribution < -0.4 is 0 Å². The molecule has 2 heterocycles. The molecule has 2 nitrogen and oxygen atoms in total. The third-order valence-corrected chi connectivity index (χ3v) is 4.64. The van der Waals surface area contributed by atoms with Crippen LogP contribution in [-0.2, 0) is 4.74 Å². The molecule has 2 saturated heterocycles. The van der Waals surface area contributed by atoms with E-state index in [2.05, 4.69) is 20.8 Å². The average molecular weight is 290 g/mol. The normalized spacial score (nSPS) is 33.6. The fourth-order valence-electron chi connectivity index (χ4n) is 2.86. The molecule has 0 aromatic carbocycles. The highest BCUT2D eigenvalue weighted by Gasteiger charge is 2.24. The van der Waals surface area contributed by atoms with E-state index < -0.39 is 0 Å². The van der Waals surface area contributed by atoms with Crippen molar-refractivity contribution in [1.82, 2.24) is 4.90 Å². The molecule has 2 atom stereocenters. The third kappa shape index (κ3) is 3.71. The summed E-state index contributed by atoms with van der Waals surface area (Å²) in [4.78, 5) is 2.66. The Bertz CT molecular complexity index is 194. The molecule has 0 bridgehead atoms. The fraction of sp³-hybridized carbons (Fsp3) is 1.00. The Morgan fingerprint density at radius 3 is 2.69 bits per heavy atom. The van der Waals surface area contributed by atoms with Gasteiger partial charge in [-0.1, -0.05) is 28.8 Å². The van der Waals surface area contributed by atoms with E-state index in [0.29, 0.717) is 6.10 Å². The molecule has 2 rings (SSSR count). The van der Waals surface area contributed by atoms with E-state index in [4.69, 9.17) is 4.74 Å². The Morgan fingerprint density at radius 2 is 1.94 bits per heavy atom. The smallest absolute Gasteiger partial charge is 0.0702 e. The van der Waals surface area contributed by atoms with Crippen molar-refractivity contribution in [2.45, 2.75) is 57.1 Å². The number of hydrogen-bond donors (Lipinski definition) is 0. The van der Waals surface area contributed by atoms with Gasteiger partial charge < -0.3 is 4.74 Å². The van der Waals surface area contributed by atoms with E-state index in [-0.39, 0.29) is 0 Å². The van der Waals surface area contributed by atoms with Gasteiger partial charge in [-0.15, -0.1) is 0 Å². The Hall–Kier alpha value is 0.400. The maximum atomic E-state index is 5.86. The number of ether oxygens (including phenoxy) is 1. The van der Waals surface area contributed by atoms with E-state index in [1.807, 2.05) is 0 Å². The lowest BCUT2D eigenvalue weighted by Crippen LogP contribution is -2.42. The summed E-state index contributed by atoms with van der Waals surface area (Å²) in [7, 11) is 0. The molecule has 2 aliphatic heterocycles. The van der Waals surface area contributed by atoms with E-state index in [9.17, 15) is 0 Å². The Kier molecular flexibility index (Phi) is 5.60. The first kappa shape index (κ1) is 12.8. The zero-order valence-electron chi connectivity index (χ0n) is 10.2. The van der Waals surface area contributed by atoms with Crippen molar-refractivity contribution in [1.29, 1.82) is 0 Å². The van der Waals surface area contributed by atoms with Gasteiger partial charge in [0, 0.05) is 24.5 Å². The molecule has 0 N–H and O–H groups in total. The predicted octanol–water partition coefficient (Wildman–Crippen LogP) is 3.20. The van der Waals surface area contributed by atoms with Crippen LogP contribution in [0.5, 0.6) is 0 Å². The lowest BCUT2D eigenvalue weighted by molar-refractivity contribution is -0.0114. The number of likely N-dealkylation sites (tertiary alicyclic amines) is 1. The van der Waals surface area contributed by atoms with Crippen LogP contribution in [0.25, 0.3) is 0 Å². The van der Waals surface area contributed by atoms with Gasteiger partial charge in [0.25, 0.3) is 0 Å². The molecule has 16 heavy (non-hydrogen) atoms. The first-order chi connectivity index (χ1) is 7.90. The van der Waals surface area contributed by atoms with Crippen molar-refractivity contribution in [2.24, 2.45) is 0 Å². The van der Waals surface area contributed by atoms with Crippen molar-refractivity contribution >= 4 is 15.9 Å².